The van der Waals surface area contributed by atoms with Gasteiger partial charge in [0.1, 0.15) is 11.6 Å². The molecular weight excluding hydrogens is 654 g/mol. The number of piperidine rings is 2. The zero-order valence-corrected chi connectivity index (χ0v) is 30.3. The highest BCUT2D eigenvalue weighted by atomic mass is 19.1. The van der Waals surface area contributed by atoms with Crippen LogP contribution in [0.15, 0.2) is 36.4 Å². The molecule has 276 valence electrons. The molecule has 6 heterocycles. The van der Waals surface area contributed by atoms with Crippen molar-refractivity contribution in [3.05, 3.63) is 59.2 Å². The maximum Gasteiger partial charge on any atom is 0.409 e. The summed E-state index contributed by atoms with van der Waals surface area (Å²) < 4.78 is 32.0. The lowest BCUT2D eigenvalue weighted by Gasteiger charge is -2.44. The predicted octanol–water partition coefficient (Wildman–Crippen LogP) is 4.73. The number of amides is 3. The van der Waals surface area contributed by atoms with Crippen molar-refractivity contribution in [2.24, 2.45) is 0 Å². The summed E-state index contributed by atoms with van der Waals surface area (Å²) in [6.07, 6.45) is 6.30. The van der Waals surface area contributed by atoms with E-state index in [1.807, 2.05) is 16.7 Å². The van der Waals surface area contributed by atoms with Gasteiger partial charge in [0.25, 0.3) is 0 Å². The van der Waals surface area contributed by atoms with E-state index >= 15 is 0 Å². The fourth-order valence-electron chi connectivity index (χ4n) is 9.40. The van der Waals surface area contributed by atoms with Gasteiger partial charge in [-0.05, 0) is 113 Å². The van der Waals surface area contributed by atoms with Gasteiger partial charge in [0.05, 0.1) is 19.4 Å². The number of rotatable bonds is 5. The monoisotopic (exact) mass is 706 g/mol. The molecule has 0 aromatic heterocycles. The van der Waals surface area contributed by atoms with E-state index in [0.717, 1.165) is 100 Å². The smallest absolute Gasteiger partial charge is 0.409 e. The van der Waals surface area contributed by atoms with E-state index in [4.69, 9.17) is 4.74 Å². The van der Waals surface area contributed by atoms with Crippen LogP contribution in [0, 0.1) is 11.6 Å². The second-order valence-electron chi connectivity index (χ2n) is 15.7. The number of benzene rings is 2. The van der Waals surface area contributed by atoms with Gasteiger partial charge in [-0.25, -0.2) is 13.6 Å². The van der Waals surface area contributed by atoms with Crippen LogP contribution in [-0.4, -0.2) is 115 Å². The molecule has 0 bridgehead atoms. The maximum atomic E-state index is 13.5. The molecule has 8 rings (SSSR count). The Hall–Kier alpha value is -3.61. The van der Waals surface area contributed by atoms with Crippen LogP contribution in [0.3, 0.4) is 0 Å². The van der Waals surface area contributed by atoms with E-state index in [9.17, 15) is 23.2 Å². The molecule has 1 N–H and O–H groups in total. The highest BCUT2D eigenvalue weighted by Crippen LogP contribution is 2.38. The molecule has 2 aromatic carbocycles. The molecule has 0 spiro atoms. The second kappa shape index (κ2) is 14.4. The number of likely N-dealkylation sites (tertiary alicyclic amines) is 3. The molecular formula is C39H52F2N6O4. The number of halogens is 2. The Balaban J connectivity index is 0.000000162. The summed E-state index contributed by atoms with van der Waals surface area (Å²) in [5.41, 5.74) is 3.63. The Morgan fingerprint density at radius 1 is 0.784 bits per heavy atom. The number of fused-ring (bicyclic) bond motifs is 2. The summed E-state index contributed by atoms with van der Waals surface area (Å²) in [6.45, 7) is 14.2. The van der Waals surface area contributed by atoms with Crippen LogP contribution in [0.5, 0.6) is 0 Å². The third-order valence-corrected chi connectivity index (χ3v) is 12.3. The first-order chi connectivity index (χ1) is 24.5. The average Bonchev–Trinajstić information content (AvgIpc) is 3.89. The zero-order valence-electron chi connectivity index (χ0n) is 30.3. The Kier molecular flexibility index (Phi) is 10.1. The first-order valence-electron chi connectivity index (χ1n) is 18.8. The lowest BCUT2D eigenvalue weighted by atomic mass is 9.93. The van der Waals surface area contributed by atoms with Crippen molar-refractivity contribution >= 4 is 29.3 Å². The summed E-state index contributed by atoms with van der Waals surface area (Å²) in [4.78, 5) is 47.7. The molecule has 6 aliphatic rings. The van der Waals surface area contributed by atoms with Crippen molar-refractivity contribution in [3.8, 4) is 0 Å². The summed E-state index contributed by atoms with van der Waals surface area (Å²) in [7, 11) is 0. The topological polar surface area (TPSA) is 88.7 Å². The number of hydrogen-bond donors (Lipinski definition) is 1. The summed E-state index contributed by atoms with van der Waals surface area (Å²) in [5.74, 6) is -0.351. The molecule has 2 atom stereocenters. The first-order valence-corrected chi connectivity index (χ1v) is 18.8. The normalized spacial score (nSPS) is 27.5. The molecule has 4 saturated heterocycles. The van der Waals surface area contributed by atoms with E-state index < -0.39 is 0 Å². The van der Waals surface area contributed by atoms with Crippen molar-refractivity contribution in [1.82, 2.24) is 20.0 Å². The van der Waals surface area contributed by atoms with Crippen molar-refractivity contribution in [2.75, 3.05) is 68.8 Å². The largest absolute Gasteiger partial charge is 0.450 e. The highest BCUT2D eigenvalue weighted by molar-refractivity contribution is 6.02. The van der Waals surface area contributed by atoms with Gasteiger partial charge >= 0.3 is 6.09 Å². The lowest BCUT2D eigenvalue weighted by molar-refractivity contribution is -0.118. The first kappa shape index (κ1) is 35.8. The van der Waals surface area contributed by atoms with Crippen molar-refractivity contribution < 1.29 is 27.9 Å². The minimum Gasteiger partial charge on any atom is -0.450 e. The second-order valence-corrected chi connectivity index (χ2v) is 15.7. The summed E-state index contributed by atoms with van der Waals surface area (Å²) >= 11 is 0. The minimum absolute atomic E-state index is 0.0478. The number of hydrogen-bond acceptors (Lipinski definition) is 7. The van der Waals surface area contributed by atoms with E-state index in [-0.39, 0.29) is 52.7 Å². The van der Waals surface area contributed by atoms with Gasteiger partial charge in [-0.2, -0.15) is 0 Å². The highest BCUT2D eigenvalue weighted by Gasteiger charge is 2.44. The van der Waals surface area contributed by atoms with Crippen molar-refractivity contribution in [3.63, 3.8) is 0 Å². The number of carbonyl (C=O) groups is 3. The van der Waals surface area contributed by atoms with E-state index in [1.165, 1.54) is 30.7 Å². The third kappa shape index (κ3) is 7.11. The van der Waals surface area contributed by atoms with Crippen LogP contribution in [0.2, 0.25) is 0 Å². The van der Waals surface area contributed by atoms with Crippen LogP contribution >= 0.6 is 0 Å². The molecule has 0 aliphatic carbocycles. The predicted molar refractivity (Wildman–Crippen MR) is 192 cm³/mol. The van der Waals surface area contributed by atoms with Gasteiger partial charge in [-0.1, -0.05) is 0 Å². The van der Waals surface area contributed by atoms with Crippen LogP contribution in [-0.2, 0) is 27.2 Å². The molecule has 2 unspecified atom stereocenters. The zero-order chi connectivity index (χ0) is 35.9. The Bertz CT molecular complexity index is 1640. The van der Waals surface area contributed by atoms with Gasteiger partial charge in [0, 0.05) is 80.3 Å². The molecule has 51 heavy (non-hydrogen) atoms. The number of nitrogens with zero attached hydrogens (tertiary/aromatic N) is 5. The van der Waals surface area contributed by atoms with Gasteiger partial charge < -0.3 is 24.8 Å². The van der Waals surface area contributed by atoms with Gasteiger partial charge in [-0.3, -0.25) is 19.4 Å². The van der Waals surface area contributed by atoms with Crippen LogP contribution in [0.4, 0.5) is 25.0 Å². The number of anilines is 2. The van der Waals surface area contributed by atoms with Gasteiger partial charge in [0.15, 0.2) is 0 Å². The lowest BCUT2D eigenvalue weighted by Crippen LogP contribution is -2.55. The van der Waals surface area contributed by atoms with Gasteiger partial charge in [0.2, 0.25) is 11.8 Å². The fraction of sp³-hybridized carbons (Fsp3) is 0.615. The number of carbonyl (C=O) groups excluding carboxylic acids is 3. The standard InChI is InChI=1S/C21H28FN3O3.C18H24FN3O/c1-3-28-20(27)23-11-8-21(2,14-23)24-9-6-17(7-10-24)25-18-5-4-16(22)12-15(18)13-19(25)26;1-18(6-7-20-12-18)21-8-4-15(5-9-21)22-16-3-2-14(19)10-13(16)11-17(22)23/h4-5,12,17H,3,6-11,13-14H2,1-2H3;2-3,10,15,20H,4-9,11-12H2,1H3. The van der Waals surface area contributed by atoms with E-state index in [1.54, 1.807) is 17.0 Å². The third-order valence-electron chi connectivity index (χ3n) is 12.3. The number of nitrogens with one attached hydrogen (secondary N) is 1. The Labute approximate surface area is 300 Å². The van der Waals surface area contributed by atoms with Crippen molar-refractivity contribution in [1.29, 1.82) is 0 Å². The Morgan fingerprint density at radius 2 is 1.29 bits per heavy atom. The van der Waals surface area contributed by atoms with Crippen molar-refractivity contribution in [2.45, 2.75) is 95.3 Å². The fourth-order valence-corrected chi connectivity index (χ4v) is 9.40. The molecule has 0 radical (unpaired) electrons. The average molecular weight is 707 g/mol. The SMILES string of the molecule is CC1(N2CCC(N3C(=O)Cc4cc(F)ccc43)CC2)CCNC1.CCOC(=O)N1CCC(C)(N2CCC(N3C(=O)Cc4cc(F)ccc43)CC2)C1. The molecule has 2 aromatic rings. The maximum absolute atomic E-state index is 13.5. The molecule has 6 aliphatic heterocycles. The van der Waals surface area contributed by atoms with Crippen LogP contribution in [0.25, 0.3) is 0 Å². The van der Waals surface area contributed by atoms with E-state index in [0.29, 0.717) is 26.0 Å². The molecule has 12 heteroatoms. The van der Waals surface area contributed by atoms with E-state index in [2.05, 4.69) is 29.0 Å². The van der Waals surface area contributed by atoms with Crippen LogP contribution < -0.4 is 15.1 Å². The quantitative estimate of drug-likeness (QED) is 0.481. The van der Waals surface area contributed by atoms with Crippen LogP contribution in [0.1, 0.15) is 70.4 Å². The molecule has 4 fully saturated rings. The Morgan fingerprint density at radius 3 is 1.76 bits per heavy atom. The minimum atomic E-state index is -0.288. The summed E-state index contributed by atoms with van der Waals surface area (Å²) in [5, 5.41) is 3.46. The van der Waals surface area contributed by atoms with Gasteiger partial charge in [-0.15, -0.1) is 0 Å². The molecule has 3 amide bonds. The number of ether oxygens (including phenoxy) is 1. The summed E-state index contributed by atoms with van der Waals surface area (Å²) in [6, 6.07) is 9.79. The molecule has 0 saturated carbocycles. The molecule has 10 nitrogen and oxygen atoms in total.